The second-order valence-corrected chi connectivity index (χ2v) is 7.03. The first-order valence-corrected chi connectivity index (χ1v) is 9.87. The van der Waals surface area contributed by atoms with Gasteiger partial charge in [-0.1, -0.05) is 30.0 Å². The van der Waals surface area contributed by atoms with Gasteiger partial charge in [0.1, 0.15) is 23.7 Å². The summed E-state index contributed by atoms with van der Waals surface area (Å²) in [5.41, 5.74) is -0.922. The molecule has 1 aromatic carbocycles. The summed E-state index contributed by atoms with van der Waals surface area (Å²) < 4.78 is 15.4. The fourth-order valence-corrected chi connectivity index (χ4v) is 3.59. The first-order chi connectivity index (χ1) is 13.5. The normalized spacial score (nSPS) is 23.7. The molecule has 1 saturated heterocycles. The average Bonchev–Trinajstić information content (AvgIpc) is 2.94. The molecule has 0 amide bonds. The zero-order valence-corrected chi connectivity index (χ0v) is 16.6. The number of ether oxygens (including phenoxy) is 3. The Morgan fingerprint density at radius 1 is 1.11 bits per heavy atom. The van der Waals surface area contributed by atoms with Crippen molar-refractivity contribution in [1.29, 1.82) is 0 Å². The van der Waals surface area contributed by atoms with Crippen LogP contribution in [0.4, 0.5) is 0 Å². The van der Waals surface area contributed by atoms with Crippen molar-refractivity contribution in [3.63, 3.8) is 0 Å². The predicted octanol–water partition coefficient (Wildman–Crippen LogP) is 0.825. The first kappa shape index (κ1) is 22.2. The number of hydrogen-bond donors (Lipinski definition) is 3. The van der Waals surface area contributed by atoms with Crippen molar-refractivity contribution in [1.82, 2.24) is 5.32 Å². The molecule has 28 heavy (non-hydrogen) atoms. The van der Waals surface area contributed by atoms with Crippen LogP contribution in [-0.4, -0.2) is 65.7 Å². The van der Waals surface area contributed by atoms with Gasteiger partial charge in [0.05, 0.1) is 13.2 Å². The quantitative estimate of drug-likeness (QED) is 0.235. The monoisotopic (exact) mass is 411 g/mol. The van der Waals surface area contributed by atoms with E-state index in [9.17, 15) is 19.8 Å². The lowest BCUT2D eigenvalue weighted by atomic mass is 10.1. The van der Waals surface area contributed by atoms with Crippen LogP contribution in [0.2, 0.25) is 0 Å². The Morgan fingerprint density at radius 2 is 1.71 bits per heavy atom. The molecule has 0 saturated carbocycles. The average molecular weight is 411 g/mol. The van der Waals surface area contributed by atoms with Gasteiger partial charge in [-0.3, -0.25) is 0 Å². The van der Waals surface area contributed by atoms with E-state index in [1.807, 2.05) is 30.3 Å². The number of nitrogens with one attached hydrogen (secondary N) is 1. The van der Waals surface area contributed by atoms with Crippen LogP contribution in [0.5, 0.6) is 0 Å². The van der Waals surface area contributed by atoms with Crippen molar-refractivity contribution >= 4 is 23.7 Å². The molecule has 0 spiro atoms. The van der Waals surface area contributed by atoms with E-state index in [1.54, 1.807) is 13.8 Å². The topological polar surface area (TPSA) is 114 Å². The van der Waals surface area contributed by atoms with Crippen LogP contribution in [-0.2, 0) is 23.8 Å². The third-order valence-corrected chi connectivity index (χ3v) is 5.04. The van der Waals surface area contributed by atoms with Crippen molar-refractivity contribution in [2.45, 2.75) is 42.5 Å². The number of hydrogen-bond acceptors (Lipinski definition) is 9. The lowest BCUT2D eigenvalue weighted by molar-refractivity contribution is -0.146. The van der Waals surface area contributed by atoms with E-state index in [0.29, 0.717) is 0 Å². The Morgan fingerprint density at radius 3 is 2.29 bits per heavy atom. The van der Waals surface area contributed by atoms with E-state index >= 15 is 0 Å². The zero-order chi connectivity index (χ0) is 20.5. The first-order valence-electron chi connectivity index (χ1n) is 8.99. The van der Waals surface area contributed by atoms with E-state index in [1.165, 1.54) is 18.0 Å². The minimum absolute atomic E-state index is 0.0758. The highest BCUT2D eigenvalue weighted by molar-refractivity contribution is 7.99. The minimum Gasteiger partial charge on any atom is -0.462 e. The number of benzene rings is 1. The minimum atomic E-state index is -1.12. The molecule has 1 aliphatic heterocycles. The largest absolute Gasteiger partial charge is 0.462 e. The second-order valence-electron chi connectivity index (χ2n) is 5.86. The molecule has 0 bridgehead atoms. The zero-order valence-electron chi connectivity index (χ0n) is 15.7. The molecule has 1 fully saturated rings. The van der Waals surface area contributed by atoms with Crippen molar-refractivity contribution < 1.29 is 34.0 Å². The van der Waals surface area contributed by atoms with Gasteiger partial charge in [0.15, 0.2) is 5.57 Å². The maximum atomic E-state index is 11.9. The van der Waals surface area contributed by atoms with Crippen LogP contribution in [0.25, 0.3) is 0 Å². The molecule has 1 aliphatic rings. The second kappa shape index (κ2) is 11.1. The highest BCUT2D eigenvalue weighted by Crippen LogP contribution is 2.33. The highest BCUT2D eigenvalue weighted by atomic mass is 32.2. The van der Waals surface area contributed by atoms with Gasteiger partial charge in [-0.2, -0.15) is 0 Å². The van der Waals surface area contributed by atoms with Crippen LogP contribution >= 0.6 is 11.8 Å². The standard InChI is InChI=1S/C19H25NO7S/c1-3-25-17(23)13(18(24)26-4-2)10-20-11-14-15(21)16(22)19(27-14)28-12-8-6-5-7-9-12/h5-10,14-16,19-22H,3-4,11H2,1-2H3/t14-,15-,16+,19-/m0/s1. The molecule has 1 aromatic rings. The lowest BCUT2D eigenvalue weighted by Crippen LogP contribution is -2.36. The number of aliphatic hydroxyl groups is 2. The smallest absolute Gasteiger partial charge is 0.347 e. The summed E-state index contributed by atoms with van der Waals surface area (Å²) in [6, 6.07) is 9.39. The fraction of sp³-hybridized carbons (Fsp3) is 0.474. The number of aliphatic hydroxyl groups excluding tert-OH is 2. The van der Waals surface area contributed by atoms with Crippen molar-refractivity contribution in [2.75, 3.05) is 19.8 Å². The lowest BCUT2D eigenvalue weighted by Gasteiger charge is -2.15. The number of thioether (sulfide) groups is 1. The summed E-state index contributed by atoms with van der Waals surface area (Å²) in [7, 11) is 0. The molecule has 3 N–H and O–H groups in total. The van der Waals surface area contributed by atoms with Crippen molar-refractivity contribution in [3.8, 4) is 0 Å². The molecule has 0 radical (unpaired) electrons. The maximum Gasteiger partial charge on any atom is 0.347 e. The number of esters is 2. The maximum absolute atomic E-state index is 11.9. The Labute approximate surface area is 167 Å². The Bertz CT molecular complexity index is 662. The van der Waals surface area contributed by atoms with Gasteiger partial charge in [-0.15, -0.1) is 0 Å². The van der Waals surface area contributed by atoms with Crippen LogP contribution in [0.1, 0.15) is 13.8 Å². The number of carbonyl (C=O) groups excluding carboxylic acids is 2. The molecule has 0 aromatic heterocycles. The SMILES string of the molecule is CCOC(=O)C(=CNC[C@@H]1O[C@@H](Sc2ccccc2)[C@H](O)[C@H]1O)C(=O)OCC. The van der Waals surface area contributed by atoms with E-state index in [2.05, 4.69) is 5.32 Å². The summed E-state index contributed by atoms with van der Waals surface area (Å²) in [5, 5.41) is 23.2. The third kappa shape index (κ3) is 5.96. The Balaban J connectivity index is 1.96. The van der Waals surface area contributed by atoms with Crippen LogP contribution in [0.3, 0.4) is 0 Å². The third-order valence-electron chi connectivity index (χ3n) is 3.87. The molecule has 0 unspecified atom stereocenters. The van der Waals surface area contributed by atoms with Gasteiger partial charge in [-0.25, -0.2) is 9.59 Å². The molecular weight excluding hydrogens is 386 g/mol. The van der Waals surface area contributed by atoms with Gasteiger partial charge < -0.3 is 29.7 Å². The summed E-state index contributed by atoms with van der Waals surface area (Å²) in [6.07, 6.45) is -1.74. The molecule has 8 nitrogen and oxygen atoms in total. The van der Waals surface area contributed by atoms with E-state index in [-0.39, 0.29) is 25.3 Å². The Hall–Kier alpha value is -2.07. The molecule has 154 valence electrons. The summed E-state index contributed by atoms with van der Waals surface area (Å²) in [4.78, 5) is 24.7. The molecule has 0 aliphatic carbocycles. The van der Waals surface area contributed by atoms with Crippen molar-refractivity contribution in [3.05, 3.63) is 42.1 Å². The van der Waals surface area contributed by atoms with Crippen LogP contribution in [0, 0.1) is 0 Å². The van der Waals surface area contributed by atoms with Gasteiger partial charge in [-0.05, 0) is 26.0 Å². The molecule has 9 heteroatoms. The molecule has 4 atom stereocenters. The Kier molecular flexibility index (Phi) is 8.78. The number of carbonyl (C=O) groups is 2. The van der Waals surface area contributed by atoms with Gasteiger partial charge in [0, 0.05) is 17.6 Å². The predicted molar refractivity (Wildman–Crippen MR) is 102 cm³/mol. The fourth-order valence-electron chi connectivity index (χ4n) is 2.51. The summed E-state index contributed by atoms with van der Waals surface area (Å²) >= 11 is 1.31. The molecule has 1 heterocycles. The van der Waals surface area contributed by atoms with E-state index < -0.39 is 35.7 Å². The highest BCUT2D eigenvalue weighted by Gasteiger charge is 2.42. The summed E-state index contributed by atoms with van der Waals surface area (Å²) in [6.45, 7) is 3.56. The van der Waals surface area contributed by atoms with Crippen LogP contribution in [0.15, 0.2) is 47.0 Å². The summed E-state index contributed by atoms with van der Waals surface area (Å²) in [5.74, 6) is -1.61. The molecular formula is C19H25NO7S. The van der Waals surface area contributed by atoms with Crippen molar-refractivity contribution in [2.24, 2.45) is 0 Å². The van der Waals surface area contributed by atoms with Gasteiger partial charge in [0.2, 0.25) is 0 Å². The number of rotatable bonds is 9. The van der Waals surface area contributed by atoms with Gasteiger partial charge >= 0.3 is 11.9 Å². The van der Waals surface area contributed by atoms with E-state index in [4.69, 9.17) is 14.2 Å². The van der Waals surface area contributed by atoms with Gasteiger partial charge in [0.25, 0.3) is 0 Å². The molecule has 2 rings (SSSR count). The van der Waals surface area contributed by atoms with E-state index in [0.717, 1.165) is 4.90 Å². The van der Waals surface area contributed by atoms with Crippen LogP contribution < -0.4 is 5.32 Å².